The second-order valence-corrected chi connectivity index (χ2v) is 7.88. The molecular weight excluding hydrogens is 272 g/mol. The summed E-state index contributed by atoms with van der Waals surface area (Å²) < 4.78 is 0. The summed E-state index contributed by atoms with van der Waals surface area (Å²) in [6.07, 6.45) is 11.5. The van der Waals surface area contributed by atoms with E-state index in [1.54, 1.807) is 0 Å². The summed E-state index contributed by atoms with van der Waals surface area (Å²) in [6, 6.07) is 1.66. The minimum Gasteiger partial charge on any atom is -0.314 e. The fraction of sp³-hybridized carbons (Fsp3) is 1.00. The number of rotatable bonds is 3. The summed E-state index contributed by atoms with van der Waals surface area (Å²) in [6.45, 7) is 7.60. The van der Waals surface area contributed by atoms with Crippen LogP contribution in [0.1, 0.15) is 51.4 Å². The van der Waals surface area contributed by atoms with Crippen LogP contribution in [0.15, 0.2) is 0 Å². The Labute approximate surface area is 136 Å². The summed E-state index contributed by atoms with van der Waals surface area (Å²) in [4.78, 5) is 5.45. The van der Waals surface area contributed by atoms with Crippen LogP contribution in [0.3, 0.4) is 0 Å². The molecule has 4 saturated heterocycles. The highest BCUT2D eigenvalue weighted by atomic mass is 15.3. The third-order valence-corrected chi connectivity index (χ3v) is 6.60. The number of nitrogens with zero attached hydrogens (tertiary/aromatic N) is 3. The van der Waals surface area contributed by atoms with Crippen LogP contribution in [0.5, 0.6) is 0 Å². The van der Waals surface area contributed by atoms with E-state index in [9.17, 15) is 0 Å². The molecule has 4 fully saturated rings. The van der Waals surface area contributed by atoms with Crippen molar-refractivity contribution in [3.8, 4) is 0 Å². The monoisotopic (exact) mass is 305 g/mol. The van der Waals surface area contributed by atoms with Gasteiger partial charge < -0.3 is 10.2 Å². The van der Waals surface area contributed by atoms with E-state index in [0.29, 0.717) is 6.17 Å². The maximum Gasteiger partial charge on any atom is 0.0764 e. The van der Waals surface area contributed by atoms with Gasteiger partial charge in [0.25, 0.3) is 0 Å². The van der Waals surface area contributed by atoms with E-state index in [2.05, 4.69) is 15.1 Å². The zero-order valence-corrected chi connectivity index (χ0v) is 14.1. The zero-order valence-electron chi connectivity index (χ0n) is 14.1. The first-order valence-electron chi connectivity index (χ1n) is 9.78. The Balaban J connectivity index is 1.27. The maximum atomic E-state index is 4.98. The van der Waals surface area contributed by atoms with Crippen LogP contribution < -0.4 is 10.6 Å². The molecule has 0 aromatic rings. The Hall–Kier alpha value is -0.160. The number of hydrogen-bond donors (Lipinski definition) is 1. The van der Waals surface area contributed by atoms with Crippen LogP contribution in [0.2, 0.25) is 0 Å². The molecule has 22 heavy (non-hydrogen) atoms. The molecule has 0 aromatic carbocycles. The predicted molar refractivity (Wildman–Crippen MR) is 89.9 cm³/mol. The van der Waals surface area contributed by atoms with E-state index in [0.717, 1.165) is 24.5 Å². The molecule has 3 unspecified atom stereocenters. The van der Waals surface area contributed by atoms with Gasteiger partial charge in [0.1, 0.15) is 0 Å². The highest BCUT2D eigenvalue weighted by molar-refractivity contribution is 4.90. The Bertz CT molecular complexity index is 341. The van der Waals surface area contributed by atoms with E-state index in [1.165, 1.54) is 84.1 Å². The van der Waals surface area contributed by atoms with Gasteiger partial charge in [-0.1, -0.05) is 0 Å². The molecule has 4 aliphatic heterocycles. The molecule has 0 saturated carbocycles. The van der Waals surface area contributed by atoms with Crippen LogP contribution in [-0.4, -0.2) is 67.3 Å². The molecule has 4 rings (SSSR count). The van der Waals surface area contributed by atoms with Crippen LogP contribution >= 0.6 is 0 Å². The van der Waals surface area contributed by atoms with Crippen molar-refractivity contribution in [3.63, 3.8) is 0 Å². The standard InChI is InChI=1S/C18H33N4/c1-2-11-21(10-1)16-6-12-22(13-7-16)18-14-15(5-9-20-18)17-4-3-8-19-17/h15-19H,1-14H2. The molecular formula is C18H33N4. The lowest BCUT2D eigenvalue weighted by Crippen LogP contribution is -2.53. The number of hydrogen-bond acceptors (Lipinski definition) is 3. The van der Waals surface area contributed by atoms with Crippen molar-refractivity contribution < 1.29 is 0 Å². The highest BCUT2D eigenvalue weighted by Crippen LogP contribution is 2.29. The normalized spacial score (nSPS) is 39.5. The highest BCUT2D eigenvalue weighted by Gasteiger charge is 2.35. The summed E-state index contributed by atoms with van der Waals surface area (Å²) >= 11 is 0. The molecule has 3 atom stereocenters. The molecule has 4 heterocycles. The van der Waals surface area contributed by atoms with Crippen LogP contribution in [0.25, 0.3) is 0 Å². The Morgan fingerprint density at radius 2 is 1.64 bits per heavy atom. The quantitative estimate of drug-likeness (QED) is 0.860. The summed E-state index contributed by atoms with van der Waals surface area (Å²) in [5.41, 5.74) is 0. The van der Waals surface area contributed by atoms with Gasteiger partial charge in [0.2, 0.25) is 0 Å². The maximum absolute atomic E-state index is 4.98. The van der Waals surface area contributed by atoms with Gasteiger partial charge in [0, 0.05) is 31.7 Å². The van der Waals surface area contributed by atoms with Crippen molar-refractivity contribution >= 4 is 0 Å². The van der Waals surface area contributed by atoms with Crippen LogP contribution in [0.4, 0.5) is 0 Å². The molecule has 4 heteroatoms. The fourth-order valence-corrected chi connectivity index (χ4v) is 5.25. The fourth-order valence-electron chi connectivity index (χ4n) is 5.25. The van der Waals surface area contributed by atoms with E-state index in [1.807, 2.05) is 0 Å². The Morgan fingerprint density at radius 1 is 0.818 bits per heavy atom. The van der Waals surface area contributed by atoms with E-state index in [4.69, 9.17) is 5.32 Å². The van der Waals surface area contributed by atoms with E-state index >= 15 is 0 Å². The molecule has 4 nitrogen and oxygen atoms in total. The molecule has 0 aliphatic carbocycles. The topological polar surface area (TPSA) is 32.6 Å². The van der Waals surface area contributed by atoms with E-state index < -0.39 is 0 Å². The molecule has 1 radical (unpaired) electrons. The van der Waals surface area contributed by atoms with Gasteiger partial charge in [0.15, 0.2) is 0 Å². The average Bonchev–Trinajstić information content (AvgIpc) is 3.29. The van der Waals surface area contributed by atoms with Gasteiger partial charge in [-0.05, 0) is 76.9 Å². The molecule has 0 aromatic heterocycles. The second kappa shape index (κ2) is 7.16. The SMILES string of the molecule is C1CNC(C2CC[N]C(N3CCC(N4CCCC4)CC3)C2)C1. The molecule has 0 amide bonds. The second-order valence-electron chi connectivity index (χ2n) is 7.88. The van der Waals surface area contributed by atoms with Gasteiger partial charge in [-0.25, -0.2) is 5.32 Å². The predicted octanol–water partition coefficient (Wildman–Crippen LogP) is 1.64. The van der Waals surface area contributed by atoms with Gasteiger partial charge in [-0.2, -0.15) is 0 Å². The van der Waals surface area contributed by atoms with Gasteiger partial charge in [-0.15, -0.1) is 0 Å². The summed E-state index contributed by atoms with van der Waals surface area (Å²) in [5.74, 6) is 0.876. The third-order valence-electron chi connectivity index (χ3n) is 6.60. The van der Waals surface area contributed by atoms with Crippen molar-refractivity contribution in [1.29, 1.82) is 0 Å². The van der Waals surface area contributed by atoms with Gasteiger partial charge >= 0.3 is 0 Å². The lowest BCUT2D eigenvalue weighted by molar-refractivity contribution is 0.0512. The number of piperidine rings is 2. The minimum absolute atomic E-state index is 0.528. The first kappa shape index (κ1) is 15.4. The smallest absolute Gasteiger partial charge is 0.0764 e. The first-order valence-corrected chi connectivity index (χ1v) is 9.78. The van der Waals surface area contributed by atoms with Crippen LogP contribution in [-0.2, 0) is 0 Å². The lowest BCUT2D eigenvalue weighted by atomic mass is 9.87. The first-order chi connectivity index (χ1) is 10.9. The lowest BCUT2D eigenvalue weighted by Gasteiger charge is -2.43. The van der Waals surface area contributed by atoms with Gasteiger partial charge in [-0.3, -0.25) is 4.90 Å². The minimum atomic E-state index is 0.528. The van der Waals surface area contributed by atoms with Crippen LogP contribution in [0, 0.1) is 5.92 Å². The summed E-state index contributed by atoms with van der Waals surface area (Å²) in [7, 11) is 0. The molecule has 1 N–H and O–H groups in total. The van der Waals surface area contributed by atoms with Crippen molar-refractivity contribution in [3.05, 3.63) is 0 Å². The van der Waals surface area contributed by atoms with Crippen molar-refractivity contribution in [2.45, 2.75) is 69.6 Å². The summed E-state index contributed by atoms with van der Waals surface area (Å²) in [5, 5.41) is 8.71. The largest absolute Gasteiger partial charge is 0.314 e. The third kappa shape index (κ3) is 3.35. The van der Waals surface area contributed by atoms with Gasteiger partial charge in [0.05, 0.1) is 6.17 Å². The molecule has 4 aliphatic rings. The van der Waals surface area contributed by atoms with Crippen molar-refractivity contribution in [2.75, 3.05) is 39.3 Å². The average molecular weight is 305 g/mol. The zero-order chi connectivity index (χ0) is 14.8. The molecule has 0 bridgehead atoms. The van der Waals surface area contributed by atoms with E-state index in [-0.39, 0.29) is 0 Å². The Morgan fingerprint density at radius 3 is 2.36 bits per heavy atom. The number of nitrogens with one attached hydrogen (secondary N) is 1. The molecule has 125 valence electrons. The van der Waals surface area contributed by atoms with Crippen molar-refractivity contribution in [2.24, 2.45) is 5.92 Å². The number of likely N-dealkylation sites (tertiary alicyclic amines) is 2. The molecule has 0 spiro atoms. The van der Waals surface area contributed by atoms with Crippen molar-refractivity contribution in [1.82, 2.24) is 20.4 Å². The Kier molecular flexibility index (Phi) is 5.01.